The van der Waals surface area contributed by atoms with Crippen LogP contribution < -0.4 is 20.5 Å². The number of nitrogens with zero attached hydrogens (tertiary/aromatic N) is 2. The number of benzene rings is 2. The number of nitrogen functional groups attached to an aromatic ring is 1. The Morgan fingerprint density at radius 3 is 2.51 bits per heavy atom. The summed E-state index contributed by atoms with van der Waals surface area (Å²) >= 11 is 0. The number of rotatable bonds is 4. The van der Waals surface area contributed by atoms with E-state index in [-0.39, 0.29) is 17.7 Å². The highest BCUT2D eigenvalue weighted by Gasteiger charge is 2.31. The second-order valence-electron chi connectivity index (χ2n) is 9.01. The molecule has 2 unspecified atom stereocenters. The average Bonchev–Trinajstić information content (AvgIpc) is 2.87. The van der Waals surface area contributed by atoms with Crippen molar-refractivity contribution in [1.82, 2.24) is 9.97 Å². The predicted octanol–water partition coefficient (Wildman–Crippen LogP) is 5.52. The molecule has 0 amide bonds. The van der Waals surface area contributed by atoms with E-state index in [4.69, 9.17) is 19.9 Å². The summed E-state index contributed by atoms with van der Waals surface area (Å²) in [6.45, 7) is 8.85. The number of fused-ring (bicyclic) bond motifs is 2. The first-order valence-electron chi connectivity index (χ1n) is 11.4. The Hall–Kier alpha value is -3.27. The van der Waals surface area contributed by atoms with E-state index in [0.717, 1.165) is 12.1 Å². The summed E-state index contributed by atoms with van der Waals surface area (Å²) in [6, 6.07) is 6.62. The van der Waals surface area contributed by atoms with Crippen molar-refractivity contribution in [1.29, 1.82) is 0 Å². The van der Waals surface area contributed by atoms with Crippen molar-refractivity contribution in [2.24, 2.45) is 5.92 Å². The Morgan fingerprint density at radius 1 is 1.03 bits per heavy atom. The lowest BCUT2D eigenvalue weighted by atomic mass is 10.0. The number of aromatic nitrogens is 2. The van der Waals surface area contributed by atoms with Crippen LogP contribution in [0.2, 0.25) is 0 Å². The zero-order chi connectivity index (χ0) is 25.3. The third kappa shape index (κ3) is 5.70. The van der Waals surface area contributed by atoms with Crippen molar-refractivity contribution < 1.29 is 27.4 Å². The number of hydrogen-bond acceptors (Lipinski definition) is 7. The Balaban J connectivity index is 1.74. The van der Waals surface area contributed by atoms with E-state index < -0.39 is 17.8 Å². The normalized spacial score (nSPS) is 17.5. The molecule has 0 bridgehead atoms. The summed E-state index contributed by atoms with van der Waals surface area (Å²) in [5.41, 5.74) is 6.02. The highest BCUT2D eigenvalue weighted by atomic mass is 19.4. The van der Waals surface area contributed by atoms with E-state index in [1.807, 2.05) is 0 Å². The zero-order valence-electron chi connectivity index (χ0n) is 20.1. The third-order valence-electron chi connectivity index (χ3n) is 5.82. The number of halogens is 3. The molecular formula is C25H29F3N4O3. The number of nitrogens with two attached hydrogens (primary N) is 1. The topological polar surface area (TPSA) is 91.5 Å². The molecule has 188 valence electrons. The molecule has 0 fully saturated rings. The van der Waals surface area contributed by atoms with Crippen LogP contribution in [0.5, 0.6) is 11.5 Å². The van der Waals surface area contributed by atoms with Gasteiger partial charge in [0.1, 0.15) is 24.4 Å². The van der Waals surface area contributed by atoms with Crippen molar-refractivity contribution in [3.63, 3.8) is 0 Å². The quantitative estimate of drug-likeness (QED) is 0.465. The van der Waals surface area contributed by atoms with Crippen LogP contribution in [0, 0.1) is 12.8 Å². The standard InChI is InChI=1S/C25H29F3N4O3/c1-13(2)23-12-33-5-6-34-21-11-20-19(10-22(21)35-23)24(32-15(4)31-20)30-14(3)16-7-17(25(26,27)28)9-18(29)8-16/h7-11,13-14,23H,5-6,12,29H2,1-4H3,(H,30,31,32). The lowest BCUT2D eigenvalue weighted by Crippen LogP contribution is -2.28. The molecule has 4 rings (SSSR count). The highest BCUT2D eigenvalue weighted by molar-refractivity contribution is 5.92. The number of nitrogens with one attached hydrogen (secondary N) is 1. The minimum absolute atomic E-state index is 0.0390. The molecule has 7 nitrogen and oxygen atoms in total. The molecule has 0 saturated carbocycles. The maximum Gasteiger partial charge on any atom is 0.416 e. The Bertz CT molecular complexity index is 1220. The van der Waals surface area contributed by atoms with E-state index in [1.54, 1.807) is 26.0 Å². The first-order valence-corrected chi connectivity index (χ1v) is 11.4. The molecule has 35 heavy (non-hydrogen) atoms. The van der Waals surface area contributed by atoms with Gasteiger partial charge in [-0.15, -0.1) is 0 Å². The summed E-state index contributed by atoms with van der Waals surface area (Å²) in [5, 5.41) is 3.89. The first-order chi connectivity index (χ1) is 16.5. The SMILES string of the molecule is Cc1nc(NC(C)c2cc(N)cc(C(F)(F)F)c2)c2cc3c(cc2n1)OCCOCC(C(C)C)O3. The van der Waals surface area contributed by atoms with E-state index in [9.17, 15) is 13.2 Å². The van der Waals surface area contributed by atoms with E-state index in [0.29, 0.717) is 59.4 Å². The molecule has 2 aromatic carbocycles. The third-order valence-corrected chi connectivity index (χ3v) is 5.82. The van der Waals surface area contributed by atoms with E-state index >= 15 is 0 Å². The van der Waals surface area contributed by atoms with Gasteiger partial charge in [-0.2, -0.15) is 13.2 Å². The van der Waals surface area contributed by atoms with Crippen molar-refractivity contribution in [2.45, 2.75) is 46.0 Å². The molecule has 3 N–H and O–H groups in total. The molecule has 3 aromatic rings. The summed E-state index contributed by atoms with van der Waals surface area (Å²) in [7, 11) is 0. The fraction of sp³-hybridized carbons (Fsp3) is 0.440. The number of aryl methyl sites for hydroxylation is 1. The van der Waals surface area contributed by atoms with Gasteiger partial charge in [0.25, 0.3) is 0 Å². The fourth-order valence-electron chi connectivity index (χ4n) is 3.88. The molecule has 2 atom stereocenters. The van der Waals surface area contributed by atoms with Crippen LogP contribution in [-0.2, 0) is 10.9 Å². The smallest absolute Gasteiger partial charge is 0.416 e. The number of alkyl halides is 3. The van der Waals surface area contributed by atoms with E-state index in [2.05, 4.69) is 29.1 Å². The maximum atomic E-state index is 13.3. The lowest BCUT2D eigenvalue weighted by Gasteiger charge is -2.23. The minimum atomic E-state index is -4.49. The average molecular weight is 491 g/mol. The van der Waals surface area contributed by atoms with Crippen LogP contribution in [0.25, 0.3) is 10.9 Å². The summed E-state index contributed by atoms with van der Waals surface area (Å²) in [4.78, 5) is 9.06. The van der Waals surface area contributed by atoms with Gasteiger partial charge in [0.15, 0.2) is 11.5 Å². The van der Waals surface area contributed by atoms with Gasteiger partial charge in [-0.25, -0.2) is 9.97 Å². The van der Waals surface area contributed by atoms with Gasteiger partial charge < -0.3 is 25.3 Å². The number of anilines is 2. The van der Waals surface area contributed by atoms with Crippen molar-refractivity contribution in [2.75, 3.05) is 30.9 Å². The van der Waals surface area contributed by atoms with Gasteiger partial charge in [-0.3, -0.25) is 0 Å². The summed E-state index contributed by atoms with van der Waals surface area (Å²) < 4.78 is 57.7. The maximum absolute atomic E-state index is 13.3. The Morgan fingerprint density at radius 2 is 1.80 bits per heavy atom. The molecule has 1 aromatic heterocycles. The largest absolute Gasteiger partial charge is 0.487 e. The molecule has 0 saturated heterocycles. The van der Waals surface area contributed by atoms with Crippen LogP contribution in [0.15, 0.2) is 30.3 Å². The van der Waals surface area contributed by atoms with Gasteiger partial charge in [0.05, 0.1) is 30.3 Å². The van der Waals surface area contributed by atoms with Gasteiger partial charge in [-0.1, -0.05) is 13.8 Å². The fourth-order valence-corrected chi connectivity index (χ4v) is 3.88. The molecule has 1 aliphatic rings. The van der Waals surface area contributed by atoms with Crippen LogP contribution >= 0.6 is 0 Å². The summed E-state index contributed by atoms with van der Waals surface area (Å²) in [6.07, 6.45) is -4.67. The Kier molecular flexibility index (Phi) is 6.93. The Labute approximate surface area is 201 Å². The van der Waals surface area contributed by atoms with Gasteiger partial charge >= 0.3 is 6.18 Å². The van der Waals surface area contributed by atoms with Crippen LogP contribution in [0.1, 0.15) is 43.8 Å². The molecule has 0 radical (unpaired) electrons. The van der Waals surface area contributed by atoms with Crippen molar-refractivity contribution in [3.8, 4) is 11.5 Å². The first kappa shape index (κ1) is 24.8. The highest BCUT2D eigenvalue weighted by Crippen LogP contribution is 2.38. The van der Waals surface area contributed by atoms with Crippen molar-refractivity contribution >= 4 is 22.4 Å². The number of ether oxygens (including phenoxy) is 3. The monoisotopic (exact) mass is 490 g/mol. The molecule has 1 aliphatic heterocycles. The van der Waals surface area contributed by atoms with Gasteiger partial charge in [-0.05, 0) is 49.6 Å². The molecule has 2 heterocycles. The summed E-state index contributed by atoms with van der Waals surface area (Å²) in [5.74, 6) is 2.27. The molecule has 10 heteroatoms. The van der Waals surface area contributed by atoms with Crippen LogP contribution in [0.3, 0.4) is 0 Å². The lowest BCUT2D eigenvalue weighted by molar-refractivity contribution is -0.137. The second kappa shape index (κ2) is 9.77. The predicted molar refractivity (Wildman–Crippen MR) is 128 cm³/mol. The van der Waals surface area contributed by atoms with Gasteiger partial charge in [0, 0.05) is 17.1 Å². The van der Waals surface area contributed by atoms with Crippen LogP contribution in [-0.4, -0.2) is 35.9 Å². The van der Waals surface area contributed by atoms with Gasteiger partial charge in [0.2, 0.25) is 0 Å². The molecule has 0 spiro atoms. The van der Waals surface area contributed by atoms with E-state index in [1.165, 1.54) is 6.07 Å². The van der Waals surface area contributed by atoms with Crippen LogP contribution in [0.4, 0.5) is 24.7 Å². The number of hydrogen-bond donors (Lipinski definition) is 2. The zero-order valence-corrected chi connectivity index (χ0v) is 20.1. The van der Waals surface area contributed by atoms with Crippen molar-refractivity contribution in [3.05, 3.63) is 47.3 Å². The molecular weight excluding hydrogens is 461 g/mol. The molecule has 0 aliphatic carbocycles. The minimum Gasteiger partial charge on any atom is -0.487 e. The second-order valence-corrected chi connectivity index (χ2v) is 9.01.